The maximum atomic E-state index is 10.4. The van der Waals surface area contributed by atoms with Gasteiger partial charge in [0, 0.05) is 0 Å². The summed E-state index contributed by atoms with van der Waals surface area (Å²) < 4.78 is 0. The minimum absolute atomic E-state index is 0. The Morgan fingerprint density at radius 3 is 2.22 bits per heavy atom. The summed E-state index contributed by atoms with van der Waals surface area (Å²) in [5.74, 6) is -0.148. The SMILES string of the molecule is C=CC(=O)N[C-](C)C.[Na+]. The molecule has 46 valence electrons. The number of nitrogens with one attached hydrogen (secondary N) is 1. The van der Waals surface area contributed by atoms with Gasteiger partial charge in [0.1, 0.15) is 0 Å². The predicted molar refractivity (Wildman–Crippen MR) is 32.9 cm³/mol. The maximum Gasteiger partial charge on any atom is 1.00 e. The molecule has 3 heteroatoms. The monoisotopic (exact) mass is 135 g/mol. The fraction of sp³-hybridized carbons (Fsp3) is 0.333. The Bertz CT molecular complexity index is 101. The molecule has 0 saturated heterocycles. The number of hydrogen-bond acceptors (Lipinski definition) is 1. The molecule has 0 bridgehead atoms. The minimum Gasteiger partial charge on any atom is -0.500 e. The van der Waals surface area contributed by atoms with E-state index in [-0.39, 0.29) is 35.5 Å². The molecule has 1 N–H and O–H groups in total. The van der Waals surface area contributed by atoms with E-state index in [1.165, 1.54) is 6.08 Å². The minimum atomic E-state index is -0.148. The molecule has 1 amide bonds. The van der Waals surface area contributed by atoms with Gasteiger partial charge in [-0.05, 0) is 6.08 Å². The third-order valence-electron chi connectivity index (χ3n) is 0.559. The zero-order chi connectivity index (χ0) is 6.57. The van der Waals surface area contributed by atoms with E-state index in [4.69, 9.17) is 0 Å². The normalized spacial score (nSPS) is 7.89. The van der Waals surface area contributed by atoms with Crippen LogP contribution in [0.15, 0.2) is 12.7 Å². The van der Waals surface area contributed by atoms with E-state index < -0.39 is 0 Å². The second-order valence-electron chi connectivity index (χ2n) is 1.69. The van der Waals surface area contributed by atoms with Crippen LogP contribution < -0.4 is 34.9 Å². The molecule has 0 radical (unpaired) electrons. The van der Waals surface area contributed by atoms with Crippen molar-refractivity contribution in [3.05, 3.63) is 18.7 Å². The van der Waals surface area contributed by atoms with E-state index in [0.717, 1.165) is 6.04 Å². The van der Waals surface area contributed by atoms with Crippen LogP contribution in [-0.2, 0) is 4.79 Å². The molecule has 0 aliphatic rings. The number of rotatable bonds is 2. The Hall–Kier alpha value is 0.210. The first-order valence-corrected chi connectivity index (χ1v) is 2.40. The van der Waals surface area contributed by atoms with Crippen molar-refractivity contribution < 1.29 is 34.4 Å². The zero-order valence-corrected chi connectivity index (χ0v) is 8.19. The Balaban J connectivity index is 0. The molecule has 0 fully saturated rings. The molecule has 9 heavy (non-hydrogen) atoms. The van der Waals surface area contributed by atoms with Crippen LogP contribution in [0.4, 0.5) is 0 Å². The van der Waals surface area contributed by atoms with Crippen molar-refractivity contribution in [3.8, 4) is 0 Å². The molecule has 0 unspecified atom stereocenters. The molecule has 0 atom stereocenters. The van der Waals surface area contributed by atoms with Crippen molar-refractivity contribution in [2.45, 2.75) is 13.8 Å². The molecule has 0 saturated carbocycles. The Labute approximate surface area is 78.0 Å². The van der Waals surface area contributed by atoms with Crippen LogP contribution in [0.3, 0.4) is 0 Å². The first kappa shape index (κ1) is 11.9. The van der Waals surface area contributed by atoms with Gasteiger partial charge in [0.05, 0.1) is 0 Å². The second-order valence-corrected chi connectivity index (χ2v) is 1.69. The summed E-state index contributed by atoms with van der Waals surface area (Å²) >= 11 is 0. The molecule has 0 aliphatic heterocycles. The van der Waals surface area contributed by atoms with E-state index in [0.29, 0.717) is 0 Å². The first-order valence-electron chi connectivity index (χ1n) is 2.40. The Morgan fingerprint density at radius 2 is 2.11 bits per heavy atom. The van der Waals surface area contributed by atoms with Crippen molar-refractivity contribution >= 4 is 5.91 Å². The number of amides is 1. The molecule has 0 aromatic carbocycles. The third kappa shape index (κ3) is 8.21. The van der Waals surface area contributed by atoms with Crippen molar-refractivity contribution in [2.75, 3.05) is 0 Å². The average molecular weight is 135 g/mol. The summed E-state index contributed by atoms with van der Waals surface area (Å²) in [5.41, 5.74) is 0. The van der Waals surface area contributed by atoms with E-state index in [2.05, 4.69) is 11.9 Å². The smallest absolute Gasteiger partial charge is 0.500 e. The molecule has 0 heterocycles. The molecule has 0 aromatic rings. The van der Waals surface area contributed by atoms with Crippen LogP contribution >= 0.6 is 0 Å². The van der Waals surface area contributed by atoms with Gasteiger partial charge < -0.3 is 5.32 Å². The van der Waals surface area contributed by atoms with Crippen molar-refractivity contribution in [3.63, 3.8) is 0 Å². The van der Waals surface area contributed by atoms with Crippen LogP contribution in [0, 0.1) is 6.04 Å². The van der Waals surface area contributed by atoms with Crippen LogP contribution in [0.1, 0.15) is 13.8 Å². The average Bonchev–Trinajstić information content (AvgIpc) is 1.65. The fourth-order valence-electron chi connectivity index (χ4n) is 0.297. The number of carbonyl (C=O) groups excluding carboxylic acids is 1. The summed E-state index contributed by atoms with van der Waals surface area (Å²) in [7, 11) is 0. The van der Waals surface area contributed by atoms with E-state index in [1.54, 1.807) is 0 Å². The van der Waals surface area contributed by atoms with Crippen molar-refractivity contribution in [1.29, 1.82) is 0 Å². The van der Waals surface area contributed by atoms with Crippen molar-refractivity contribution in [2.24, 2.45) is 0 Å². The van der Waals surface area contributed by atoms with Gasteiger partial charge in [0.25, 0.3) is 0 Å². The molecule has 0 rings (SSSR count). The summed E-state index contributed by atoms with van der Waals surface area (Å²) in [4.78, 5) is 10.4. The third-order valence-corrected chi connectivity index (χ3v) is 0.559. The van der Waals surface area contributed by atoms with Gasteiger partial charge in [-0.3, -0.25) is 4.79 Å². The largest absolute Gasteiger partial charge is 1.00 e. The second kappa shape index (κ2) is 6.33. The van der Waals surface area contributed by atoms with Gasteiger partial charge in [-0.15, -0.1) is 0 Å². The van der Waals surface area contributed by atoms with E-state index in [1.807, 2.05) is 13.8 Å². The zero-order valence-electron chi connectivity index (χ0n) is 6.19. The standard InChI is InChI=1S/C6H10NO.Na/c1-4-6(8)7-5(2)3;/h4H,1H2,2-3H3,(H,7,8);/q-1;+1. The van der Waals surface area contributed by atoms with Gasteiger partial charge in [-0.1, -0.05) is 6.58 Å². The molecular formula is C6H10NNaO. The number of carbonyl (C=O) groups is 1. The van der Waals surface area contributed by atoms with Crippen LogP contribution in [0.25, 0.3) is 0 Å². The molecular weight excluding hydrogens is 125 g/mol. The summed E-state index contributed by atoms with van der Waals surface area (Å²) in [6.07, 6.45) is 1.24. The van der Waals surface area contributed by atoms with Gasteiger partial charge in [0.15, 0.2) is 0 Å². The van der Waals surface area contributed by atoms with Gasteiger partial charge in [-0.2, -0.15) is 13.8 Å². The summed E-state index contributed by atoms with van der Waals surface area (Å²) in [6, 6.07) is 0.884. The van der Waals surface area contributed by atoms with Crippen LogP contribution in [0.2, 0.25) is 0 Å². The van der Waals surface area contributed by atoms with Gasteiger partial charge in [-0.25, -0.2) is 6.04 Å². The topological polar surface area (TPSA) is 29.1 Å². The quantitative estimate of drug-likeness (QED) is 0.261. The van der Waals surface area contributed by atoms with Crippen molar-refractivity contribution in [1.82, 2.24) is 5.32 Å². The van der Waals surface area contributed by atoms with Crippen LogP contribution in [0.5, 0.6) is 0 Å². The first-order chi connectivity index (χ1) is 3.66. The molecule has 0 aliphatic carbocycles. The molecule has 0 spiro atoms. The summed E-state index contributed by atoms with van der Waals surface area (Å²) in [6.45, 7) is 6.93. The predicted octanol–water partition coefficient (Wildman–Crippen LogP) is -2.14. The molecule has 2 nitrogen and oxygen atoms in total. The summed E-state index contributed by atoms with van der Waals surface area (Å²) in [5, 5.41) is 2.55. The van der Waals surface area contributed by atoms with E-state index in [9.17, 15) is 4.79 Å². The number of hydrogen-bond donors (Lipinski definition) is 1. The Kier molecular flexibility index (Phi) is 8.40. The maximum absolute atomic E-state index is 10.4. The Morgan fingerprint density at radius 1 is 1.67 bits per heavy atom. The van der Waals surface area contributed by atoms with Gasteiger partial charge in [0.2, 0.25) is 5.91 Å². The van der Waals surface area contributed by atoms with Gasteiger partial charge >= 0.3 is 29.6 Å². The molecule has 0 aromatic heterocycles. The fourth-order valence-corrected chi connectivity index (χ4v) is 0.297. The van der Waals surface area contributed by atoms with E-state index >= 15 is 0 Å². The van der Waals surface area contributed by atoms with Crippen LogP contribution in [-0.4, -0.2) is 5.91 Å².